The number of benzene rings is 16. The fourth-order valence-electron chi connectivity index (χ4n) is 16.0. The number of fused-ring (bicyclic) bond motifs is 4. The van der Waals surface area contributed by atoms with Crippen LogP contribution in [-0.4, -0.2) is 22.8 Å². The zero-order valence-electron chi connectivity index (χ0n) is 47.2. The van der Waals surface area contributed by atoms with Crippen LogP contribution in [0, 0.1) is 0 Å². The molecule has 5 aliphatic heterocycles. The van der Waals surface area contributed by atoms with E-state index in [4.69, 9.17) is 20.0 Å². The molecule has 21 rings (SSSR count). The molecule has 0 N–H and O–H groups in total. The lowest BCUT2D eigenvalue weighted by Gasteiger charge is -2.22. The van der Waals surface area contributed by atoms with Gasteiger partial charge in [0.15, 0.2) is 0 Å². The topological polar surface area (TPSA) is 49.4 Å². The van der Waals surface area contributed by atoms with Gasteiger partial charge in [-0.2, -0.15) is 0 Å². The van der Waals surface area contributed by atoms with E-state index in [1.54, 1.807) is 0 Å². The fourth-order valence-corrected chi connectivity index (χ4v) is 16.0. The molecule has 0 aromatic heterocycles. The summed E-state index contributed by atoms with van der Waals surface area (Å²) in [7, 11) is 0. The van der Waals surface area contributed by atoms with Gasteiger partial charge in [0, 0.05) is 22.3 Å². The molecule has 0 spiro atoms. The van der Waals surface area contributed by atoms with E-state index in [1.807, 2.05) is 0 Å². The Morgan fingerprint density at radius 2 is 0.545 bits per heavy atom. The SMILES string of the molecule is C1=CC2=NC1=CC1=NC(=C(c3ccc4ccc5cccc6ccc3c4c56)C3=NC(=CC4=NC(=C2)C=C4)C=C3c2ccc3ccc4cccc5ccc2c3c45)C(c2ccc3ccc4cccc5ccc2c3c45)=C1c1ccc2ccc3cccc4ccc1c2c34. The van der Waals surface area contributed by atoms with Crippen molar-refractivity contribution in [3.63, 3.8) is 0 Å². The number of rotatable bonds is 4. The van der Waals surface area contributed by atoms with E-state index >= 15 is 0 Å². The molecule has 0 amide bonds. The molecule has 16 aromatic rings. The highest BCUT2D eigenvalue weighted by atomic mass is 14.9. The van der Waals surface area contributed by atoms with Gasteiger partial charge in [-0.25, -0.2) is 20.0 Å². The molecule has 4 nitrogen and oxygen atoms in total. The lowest BCUT2D eigenvalue weighted by Crippen LogP contribution is -2.08. The second kappa shape index (κ2) is 17.0. The highest BCUT2D eigenvalue weighted by molar-refractivity contribution is 6.53. The minimum Gasteiger partial charge on any atom is -0.249 e. The van der Waals surface area contributed by atoms with Gasteiger partial charge in [0.25, 0.3) is 0 Å². The Kier molecular flexibility index (Phi) is 9.01. The summed E-state index contributed by atoms with van der Waals surface area (Å²) in [6.45, 7) is 0. The van der Waals surface area contributed by atoms with Gasteiger partial charge in [0.2, 0.25) is 0 Å². The summed E-state index contributed by atoms with van der Waals surface area (Å²) in [6, 6.07) is 82.3. The summed E-state index contributed by atoms with van der Waals surface area (Å²) in [6.07, 6.45) is 17.1. The van der Waals surface area contributed by atoms with Crippen LogP contribution in [0.15, 0.2) is 310 Å². The van der Waals surface area contributed by atoms with Crippen molar-refractivity contribution in [2.75, 3.05) is 0 Å². The first kappa shape index (κ1) is 46.6. The van der Waals surface area contributed by atoms with Crippen LogP contribution in [0.3, 0.4) is 0 Å². The highest BCUT2D eigenvalue weighted by Gasteiger charge is 2.36. The molecule has 88 heavy (non-hydrogen) atoms. The lowest BCUT2D eigenvalue weighted by molar-refractivity contribution is 1.41. The first-order chi connectivity index (χ1) is 43.6. The summed E-state index contributed by atoms with van der Waals surface area (Å²) in [5, 5.41) is 29.2. The zero-order chi connectivity index (χ0) is 57.0. The zero-order valence-corrected chi connectivity index (χ0v) is 47.2. The molecule has 400 valence electrons. The van der Waals surface area contributed by atoms with E-state index in [2.05, 4.69) is 267 Å². The van der Waals surface area contributed by atoms with Crippen LogP contribution in [0.25, 0.3) is 152 Å². The third-order valence-electron chi connectivity index (χ3n) is 19.7. The van der Waals surface area contributed by atoms with Gasteiger partial charge in [-0.3, -0.25) is 0 Å². The maximum absolute atomic E-state index is 6.31. The Morgan fingerprint density at radius 3 is 0.977 bits per heavy atom. The smallest absolute Gasteiger partial charge is 0.0823 e. The summed E-state index contributed by atoms with van der Waals surface area (Å²) < 4.78 is 0. The van der Waals surface area contributed by atoms with Crippen molar-refractivity contribution in [1.29, 1.82) is 0 Å². The number of hydrogen-bond donors (Lipinski definition) is 0. The third kappa shape index (κ3) is 6.37. The molecule has 0 radical (unpaired) electrons. The number of nitrogens with zero attached hydrogens (tertiary/aromatic N) is 4. The molecule has 8 bridgehead atoms. The quantitative estimate of drug-likeness (QED) is 0.158. The lowest BCUT2D eigenvalue weighted by atomic mass is 9.80. The van der Waals surface area contributed by atoms with Crippen molar-refractivity contribution in [2.45, 2.75) is 0 Å². The van der Waals surface area contributed by atoms with E-state index in [1.165, 1.54) is 124 Å². The molecule has 16 aromatic carbocycles. The van der Waals surface area contributed by atoms with Gasteiger partial charge in [-0.05, 0) is 200 Å². The highest BCUT2D eigenvalue weighted by Crippen LogP contribution is 2.53. The van der Waals surface area contributed by atoms with Gasteiger partial charge in [-0.1, -0.05) is 218 Å². The first-order valence-corrected chi connectivity index (χ1v) is 30.3. The molecule has 0 saturated carbocycles. The number of allylic oxidation sites excluding steroid dienone is 12. The van der Waals surface area contributed by atoms with Crippen LogP contribution in [0.2, 0.25) is 0 Å². The first-order valence-electron chi connectivity index (χ1n) is 30.3. The largest absolute Gasteiger partial charge is 0.249 e. The van der Waals surface area contributed by atoms with Gasteiger partial charge >= 0.3 is 0 Å². The molecule has 0 atom stereocenters. The summed E-state index contributed by atoms with van der Waals surface area (Å²) >= 11 is 0. The Balaban J connectivity index is 0.978. The van der Waals surface area contributed by atoms with Crippen molar-refractivity contribution in [3.8, 4) is 0 Å². The maximum Gasteiger partial charge on any atom is 0.0823 e. The van der Waals surface area contributed by atoms with Crippen LogP contribution in [-0.2, 0) is 0 Å². The summed E-state index contributed by atoms with van der Waals surface area (Å²) in [4.78, 5) is 22.9. The van der Waals surface area contributed by atoms with Crippen LogP contribution < -0.4 is 0 Å². The average Bonchev–Trinajstić information content (AvgIpc) is 1.39. The van der Waals surface area contributed by atoms with Crippen LogP contribution in [0.5, 0.6) is 0 Å². The van der Waals surface area contributed by atoms with Crippen molar-refractivity contribution in [3.05, 3.63) is 312 Å². The predicted octanol–water partition coefficient (Wildman–Crippen LogP) is 21.3. The van der Waals surface area contributed by atoms with E-state index in [-0.39, 0.29) is 0 Å². The third-order valence-corrected chi connectivity index (χ3v) is 19.7. The van der Waals surface area contributed by atoms with E-state index in [9.17, 15) is 0 Å². The van der Waals surface area contributed by atoms with Crippen molar-refractivity contribution in [2.24, 2.45) is 20.0 Å². The predicted molar refractivity (Wildman–Crippen MR) is 375 cm³/mol. The average molecular weight is 1110 g/mol. The van der Waals surface area contributed by atoms with Gasteiger partial charge < -0.3 is 0 Å². The number of hydrogen-bond acceptors (Lipinski definition) is 4. The Labute approximate surface area is 503 Å². The summed E-state index contributed by atoms with van der Waals surface area (Å²) in [5.41, 5.74) is 15.1. The molecule has 0 fully saturated rings. The van der Waals surface area contributed by atoms with Crippen LogP contribution in [0.1, 0.15) is 22.3 Å². The fraction of sp³-hybridized carbons (Fsp3) is 0. The second-order valence-electron chi connectivity index (χ2n) is 24.3. The molecule has 0 unspecified atom stereocenters. The standard InChI is InChI=1S/C84H44N4/c1-5-45-13-17-53-21-33-62(63-34-22-49(9-1)72(45)76(53)63)70-43-61-42-59-30-29-57(85-59)41-58-31-32-60(86-58)44-71-80(67-38-26-54-18-14-46-6-2-10-50-23-35-64(67)77(54)73(46)50)81(68-39-27-55-19-15-47-7-3-11-51-24-36-65(68)78(55)74(47)51)84(88-71)82(83(70)87-61)69-40-28-56-20-16-48-8-4-12-52-25-37-66(69)79(56)75(48)52/h1-44H. The normalized spacial score (nSPS) is 16.1. The summed E-state index contributed by atoms with van der Waals surface area (Å²) in [5.74, 6) is 0. The molecular formula is C84H44N4. The maximum atomic E-state index is 6.31. The van der Waals surface area contributed by atoms with Crippen LogP contribution >= 0.6 is 0 Å². The number of aliphatic imine (C=N–C) groups is 4. The molecule has 0 aliphatic carbocycles. The molecular weight excluding hydrogens is 1060 g/mol. The van der Waals surface area contributed by atoms with Crippen LogP contribution in [0.4, 0.5) is 0 Å². The van der Waals surface area contributed by atoms with Gasteiger partial charge in [0.1, 0.15) is 0 Å². The van der Waals surface area contributed by atoms with Crippen molar-refractivity contribution in [1.82, 2.24) is 0 Å². The Bertz CT molecular complexity index is 6310. The van der Waals surface area contributed by atoms with E-state index in [0.29, 0.717) is 0 Å². The van der Waals surface area contributed by atoms with E-state index in [0.717, 1.165) is 95.6 Å². The van der Waals surface area contributed by atoms with Gasteiger partial charge in [-0.15, -0.1) is 0 Å². The molecule has 5 heterocycles. The van der Waals surface area contributed by atoms with Crippen molar-refractivity contribution >= 4 is 174 Å². The minimum atomic E-state index is 0.811. The van der Waals surface area contributed by atoms with Gasteiger partial charge in [0.05, 0.1) is 45.6 Å². The second-order valence-corrected chi connectivity index (χ2v) is 24.3. The van der Waals surface area contributed by atoms with E-state index < -0.39 is 0 Å². The monoisotopic (exact) mass is 1110 g/mol. The molecule has 5 aliphatic rings. The molecule has 4 heteroatoms. The minimum absolute atomic E-state index is 0.811. The molecule has 0 saturated heterocycles. The van der Waals surface area contributed by atoms with Crippen molar-refractivity contribution < 1.29 is 0 Å². The Morgan fingerprint density at radius 1 is 0.216 bits per heavy atom. The Hall–Kier alpha value is -11.7.